The molecule has 0 amide bonds. The second kappa shape index (κ2) is 4.61. The van der Waals surface area contributed by atoms with E-state index in [1.807, 2.05) is 0 Å². The highest BCUT2D eigenvalue weighted by atomic mass is 14.2. The highest BCUT2D eigenvalue weighted by Gasteiger charge is 2.16. The van der Waals surface area contributed by atoms with Crippen LogP contribution in [0.1, 0.15) is 37.5 Å². The summed E-state index contributed by atoms with van der Waals surface area (Å²) < 4.78 is 0. The molecule has 0 aliphatic heterocycles. The highest BCUT2D eigenvalue weighted by Crippen LogP contribution is 2.30. The number of benzene rings is 2. The Bertz CT molecular complexity index is 539. The van der Waals surface area contributed by atoms with E-state index in [1.54, 1.807) is 0 Å². The molecule has 0 spiro atoms. The summed E-state index contributed by atoms with van der Waals surface area (Å²) in [7, 11) is 0. The van der Waals surface area contributed by atoms with E-state index >= 15 is 0 Å². The van der Waals surface area contributed by atoms with Gasteiger partial charge in [0.1, 0.15) is 0 Å². The number of hydrogen-bond acceptors (Lipinski definition) is 0. The van der Waals surface area contributed by atoms with Gasteiger partial charge in [-0.15, -0.1) is 0 Å². The third-order valence-corrected chi connectivity index (χ3v) is 3.43. The Morgan fingerprint density at radius 2 is 1.28 bits per heavy atom. The Labute approximate surface area is 111 Å². The fourth-order valence-corrected chi connectivity index (χ4v) is 2.36. The van der Waals surface area contributed by atoms with E-state index in [4.69, 9.17) is 0 Å². The van der Waals surface area contributed by atoms with Crippen LogP contribution in [0, 0.1) is 13.8 Å². The van der Waals surface area contributed by atoms with Gasteiger partial charge in [-0.3, -0.25) is 0 Å². The van der Waals surface area contributed by atoms with Crippen molar-refractivity contribution in [3.8, 4) is 11.1 Å². The van der Waals surface area contributed by atoms with Crippen LogP contribution in [0.5, 0.6) is 0 Å². The average molecular weight is 238 g/mol. The van der Waals surface area contributed by atoms with E-state index in [0.29, 0.717) is 0 Å². The Morgan fingerprint density at radius 1 is 0.722 bits per heavy atom. The monoisotopic (exact) mass is 238 g/mol. The van der Waals surface area contributed by atoms with Crippen LogP contribution in [0.2, 0.25) is 0 Å². The molecule has 0 bridgehead atoms. The number of rotatable bonds is 1. The van der Waals surface area contributed by atoms with Gasteiger partial charge in [-0.05, 0) is 41.5 Å². The van der Waals surface area contributed by atoms with Gasteiger partial charge < -0.3 is 0 Å². The summed E-state index contributed by atoms with van der Waals surface area (Å²) in [6, 6.07) is 15.5. The van der Waals surface area contributed by atoms with Crippen molar-refractivity contribution in [3.63, 3.8) is 0 Å². The van der Waals surface area contributed by atoms with Gasteiger partial charge in [0, 0.05) is 0 Å². The van der Waals surface area contributed by atoms with Gasteiger partial charge in [0.25, 0.3) is 0 Å². The second-order valence-electron chi connectivity index (χ2n) is 6.15. The van der Waals surface area contributed by atoms with Crippen LogP contribution in [0.4, 0.5) is 0 Å². The lowest BCUT2D eigenvalue weighted by Gasteiger charge is -2.22. The molecule has 0 radical (unpaired) electrons. The molecule has 0 fully saturated rings. The topological polar surface area (TPSA) is 0 Å². The van der Waals surface area contributed by atoms with Crippen LogP contribution in [0.15, 0.2) is 42.5 Å². The molecule has 0 aliphatic rings. The van der Waals surface area contributed by atoms with E-state index in [2.05, 4.69) is 77.1 Å². The summed E-state index contributed by atoms with van der Waals surface area (Å²) in [6.07, 6.45) is 0. The van der Waals surface area contributed by atoms with Crippen molar-refractivity contribution in [2.45, 2.75) is 40.0 Å². The molecule has 0 aliphatic carbocycles. The molecule has 2 aromatic rings. The summed E-state index contributed by atoms with van der Waals surface area (Å²) in [4.78, 5) is 0. The summed E-state index contributed by atoms with van der Waals surface area (Å²) in [6.45, 7) is 11.1. The first-order chi connectivity index (χ1) is 8.38. The molecule has 94 valence electrons. The molecular formula is C18H22. The number of hydrogen-bond donors (Lipinski definition) is 0. The van der Waals surface area contributed by atoms with Crippen molar-refractivity contribution in [3.05, 3.63) is 59.2 Å². The van der Waals surface area contributed by atoms with E-state index in [9.17, 15) is 0 Å². The summed E-state index contributed by atoms with van der Waals surface area (Å²) in [5.41, 5.74) is 6.92. The first-order valence-electron chi connectivity index (χ1n) is 6.56. The lowest BCUT2D eigenvalue weighted by atomic mass is 9.82. The van der Waals surface area contributed by atoms with E-state index < -0.39 is 0 Å². The van der Waals surface area contributed by atoms with Gasteiger partial charge in [-0.25, -0.2) is 0 Å². The lowest BCUT2D eigenvalue weighted by molar-refractivity contribution is 0.586. The van der Waals surface area contributed by atoms with Crippen LogP contribution >= 0.6 is 0 Å². The Hall–Kier alpha value is -1.56. The zero-order valence-electron chi connectivity index (χ0n) is 12.0. The minimum Gasteiger partial charge on any atom is -0.0587 e. The van der Waals surface area contributed by atoms with Crippen molar-refractivity contribution in [1.82, 2.24) is 0 Å². The van der Waals surface area contributed by atoms with Gasteiger partial charge in [0.2, 0.25) is 0 Å². The third-order valence-electron chi connectivity index (χ3n) is 3.43. The normalized spacial score (nSPS) is 11.6. The Morgan fingerprint density at radius 3 is 1.83 bits per heavy atom. The molecule has 0 saturated heterocycles. The standard InChI is InChI=1S/C18H22/c1-13-6-9-15(10-7-13)16-11-8-14(2)17(12-16)18(3,4)5/h6-12H,1-5H3. The van der Waals surface area contributed by atoms with Gasteiger partial charge in [0.15, 0.2) is 0 Å². The zero-order chi connectivity index (χ0) is 13.3. The molecule has 0 nitrogen and oxygen atoms in total. The van der Waals surface area contributed by atoms with Crippen molar-refractivity contribution in [2.24, 2.45) is 0 Å². The van der Waals surface area contributed by atoms with Gasteiger partial charge >= 0.3 is 0 Å². The van der Waals surface area contributed by atoms with E-state index in [-0.39, 0.29) is 5.41 Å². The molecule has 0 heterocycles. The Balaban J connectivity index is 2.50. The molecule has 2 aromatic carbocycles. The summed E-state index contributed by atoms with van der Waals surface area (Å²) >= 11 is 0. The second-order valence-corrected chi connectivity index (χ2v) is 6.15. The fourth-order valence-electron chi connectivity index (χ4n) is 2.36. The molecule has 0 unspecified atom stereocenters. The SMILES string of the molecule is Cc1ccc(-c2ccc(C)c(C(C)(C)C)c2)cc1. The minimum atomic E-state index is 0.199. The quantitative estimate of drug-likeness (QED) is 0.635. The van der Waals surface area contributed by atoms with Crippen LogP contribution in [-0.4, -0.2) is 0 Å². The maximum absolute atomic E-state index is 2.33. The van der Waals surface area contributed by atoms with E-state index in [1.165, 1.54) is 27.8 Å². The molecule has 0 atom stereocenters. The maximum atomic E-state index is 2.33. The maximum Gasteiger partial charge on any atom is -0.0129 e. The lowest BCUT2D eigenvalue weighted by Crippen LogP contribution is -2.13. The van der Waals surface area contributed by atoms with Crippen LogP contribution < -0.4 is 0 Å². The fraction of sp³-hybridized carbons (Fsp3) is 0.333. The largest absolute Gasteiger partial charge is 0.0587 e. The van der Waals surface area contributed by atoms with Gasteiger partial charge in [-0.1, -0.05) is 68.8 Å². The van der Waals surface area contributed by atoms with Gasteiger partial charge in [-0.2, -0.15) is 0 Å². The van der Waals surface area contributed by atoms with E-state index in [0.717, 1.165) is 0 Å². The van der Waals surface area contributed by atoms with Crippen LogP contribution in [0.3, 0.4) is 0 Å². The van der Waals surface area contributed by atoms with Crippen LogP contribution in [0.25, 0.3) is 11.1 Å². The smallest absolute Gasteiger partial charge is 0.0129 e. The van der Waals surface area contributed by atoms with Crippen LogP contribution in [-0.2, 0) is 5.41 Å². The third kappa shape index (κ3) is 2.64. The highest BCUT2D eigenvalue weighted by molar-refractivity contribution is 5.65. The summed E-state index contributed by atoms with van der Waals surface area (Å²) in [5, 5.41) is 0. The molecule has 0 aromatic heterocycles. The van der Waals surface area contributed by atoms with Crippen molar-refractivity contribution in [1.29, 1.82) is 0 Å². The van der Waals surface area contributed by atoms with Gasteiger partial charge in [0.05, 0.1) is 0 Å². The minimum absolute atomic E-state index is 0.199. The number of aryl methyl sites for hydroxylation is 2. The van der Waals surface area contributed by atoms with Crippen molar-refractivity contribution < 1.29 is 0 Å². The first-order valence-corrected chi connectivity index (χ1v) is 6.56. The van der Waals surface area contributed by atoms with Crippen molar-refractivity contribution >= 4 is 0 Å². The summed E-state index contributed by atoms with van der Waals surface area (Å²) in [5.74, 6) is 0. The molecule has 2 rings (SSSR count). The molecule has 0 saturated carbocycles. The predicted octanol–water partition coefficient (Wildman–Crippen LogP) is 5.27. The molecule has 0 N–H and O–H groups in total. The predicted molar refractivity (Wildman–Crippen MR) is 80.1 cm³/mol. The van der Waals surface area contributed by atoms with Crippen molar-refractivity contribution in [2.75, 3.05) is 0 Å². The zero-order valence-corrected chi connectivity index (χ0v) is 12.0. The molecule has 0 heteroatoms. The first kappa shape index (κ1) is 12.9. The Kier molecular flexibility index (Phi) is 3.30. The molecule has 18 heavy (non-hydrogen) atoms. The molecular weight excluding hydrogens is 216 g/mol. The average Bonchev–Trinajstić information content (AvgIpc) is 2.29.